The maximum atomic E-state index is 13.4. The Morgan fingerprint density at radius 1 is 1.12 bits per heavy atom. The Balaban J connectivity index is 1.44. The van der Waals surface area contributed by atoms with Crippen LogP contribution in [0, 0.1) is 0 Å². The van der Waals surface area contributed by atoms with Gasteiger partial charge >= 0.3 is 5.97 Å². The van der Waals surface area contributed by atoms with Gasteiger partial charge in [0.1, 0.15) is 22.0 Å². The monoisotopic (exact) mass is 503 g/mol. The minimum Gasteiger partial charge on any atom is -0.454 e. The van der Waals surface area contributed by atoms with Gasteiger partial charge in [-0.3, -0.25) is 14.4 Å². The number of esters is 1. The molecule has 0 spiro atoms. The maximum Gasteiger partial charge on any atom is 0.324 e. The second kappa shape index (κ2) is 9.83. The van der Waals surface area contributed by atoms with E-state index >= 15 is 0 Å². The van der Waals surface area contributed by atoms with Gasteiger partial charge in [-0.05, 0) is 55.7 Å². The number of nitrogens with one attached hydrogen (secondary N) is 1. The number of carbonyl (C=O) groups is 3. The summed E-state index contributed by atoms with van der Waals surface area (Å²) in [5.74, 6) is -2.00. The number of hydrogen-bond acceptors (Lipinski definition) is 9. The van der Waals surface area contributed by atoms with Crippen molar-refractivity contribution in [1.82, 2.24) is 13.1 Å². The molecule has 178 valence electrons. The van der Waals surface area contributed by atoms with Crippen molar-refractivity contribution in [1.29, 1.82) is 0 Å². The smallest absolute Gasteiger partial charge is 0.324 e. The van der Waals surface area contributed by atoms with E-state index in [2.05, 4.69) is 14.1 Å². The second-order valence-corrected chi connectivity index (χ2v) is 10.0. The Labute approximate surface area is 199 Å². The van der Waals surface area contributed by atoms with Crippen LogP contribution in [0.25, 0.3) is 11.0 Å². The number of amides is 2. The molecule has 2 heterocycles. The van der Waals surface area contributed by atoms with Gasteiger partial charge in [-0.1, -0.05) is 6.07 Å². The van der Waals surface area contributed by atoms with Crippen LogP contribution in [0.3, 0.4) is 0 Å². The lowest BCUT2D eigenvalue weighted by molar-refractivity contribution is -0.152. The highest BCUT2D eigenvalue weighted by atomic mass is 32.2. The molecule has 3 aromatic rings. The quantitative estimate of drug-likeness (QED) is 0.459. The minimum absolute atomic E-state index is 0.0180. The zero-order chi connectivity index (χ0) is 24.3. The number of anilines is 1. The molecule has 2 amide bonds. The Kier molecular flexibility index (Phi) is 6.86. The molecule has 1 aliphatic rings. The van der Waals surface area contributed by atoms with E-state index < -0.39 is 40.5 Å². The van der Waals surface area contributed by atoms with Crippen LogP contribution in [0.1, 0.15) is 29.6 Å². The third-order valence-corrected chi connectivity index (χ3v) is 7.84. The van der Waals surface area contributed by atoms with E-state index in [1.807, 2.05) is 0 Å². The molecule has 1 saturated heterocycles. The van der Waals surface area contributed by atoms with Crippen molar-refractivity contribution in [3.63, 3.8) is 0 Å². The topological polar surface area (TPSA) is 162 Å². The fourth-order valence-electron chi connectivity index (χ4n) is 3.69. The molecule has 2 aromatic carbocycles. The van der Waals surface area contributed by atoms with E-state index in [9.17, 15) is 22.8 Å². The molecule has 4 rings (SSSR count). The highest BCUT2D eigenvalue weighted by Gasteiger charge is 2.39. The normalized spacial score (nSPS) is 16.8. The van der Waals surface area contributed by atoms with Gasteiger partial charge < -0.3 is 15.8 Å². The lowest BCUT2D eigenvalue weighted by atomic mass is 10.1. The molecule has 1 fully saturated rings. The summed E-state index contributed by atoms with van der Waals surface area (Å²) >= 11 is 0.909. The van der Waals surface area contributed by atoms with Crippen LogP contribution in [0.2, 0.25) is 0 Å². The largest absolute Gasteiger partial charge is 0.454 e. The van der Waals surface area contributed by atoms with Gasteiger partial charge in [0.2, 0.25) is 15.9 Å². The van der Waals surface area contributed by atoms with Crippen molar-refractivity contribution in [3.05, 3.63) is 48.0 Å². The van der Waals surface area contributed by atoms with Gasteiger partial charge in [-0.15, -0.1) is 0 Å². The molecular weight excluding hydrogens is 482 g/mol. The number of carbonyl (C=O) groups excluding carboxylic acids is 3. The number of aromatic nitrogens is 2. The number of fused-ring (bicyclic) bond motifs is 1. The van der Waals surface area contributed by atoms with Gasteiger partial charge in [-0.2, -0.15) is 13.1 Å². The molecule has 11 nitrogen and oxygen atoms in total. The zero-order valence-electron chi connectivity index (χ0n) is 17.8. The van der Waals surface area contributed by atoms with E-state index in [1.165, 1.54) is 30.3 Å². The standard InChI is InChI=1S/C21H21N5O6S2/c22-20(28)13-7-9-14(10-8-13)23-18(27)12-32-21(29)16-5-1-2-11-26(16)34(30,31)17-6-3-4-15-19(17)25-33-24-15/h3-4,6-10,16H,1-2,5,11-12H2,(H2,22,28)(H,23,27). The number of nitrogens with zero attached hydrogens (tertiary/aromatic N) is 3. The summed E-state index contributed by atoms with van der Waals surface area (Å²) in [5.41, 5.74) is 6.57. The summed E-state index contributed by atoms with van der Waals surface area (Å²) in [6.45, 7) is -0.444. The molecule has 1 unspecified atom stereocenters. The fourth-order valence-corrected chi connectivity index (χ4v) is 6.09. The van der Waals surface area contributed by atoms with Crippen molar-refractivity contribution in [2.75, 3.05) is 18.5 Å². The molecular formula is C21H21N5O6S2. The molecule has 0 bridgehead atoms. The molecule has 1 aromatic heterocycles. The summed E-state index contributed by atoms with van der Waals surface area (Å²) in [6.07, 6.45) is 1.52. The summed E-state index contributed by atoms with van der Waals surface area (Å²) in [5, 5.41) is 2.54. The minimum atomic E-state index is -4.05. The van der Waals surface area contributed by atoms with Crippen LogP contribution in [0.4, 0.5) is 5.69 Å². The van der Waals surface area contributed by atoms with E-state index in [0.717, 1.165) is 16.0 Å². The lowest BCUT2D eigenvalue weighted by Crippen LogP contribution is -2.48. The first-order valence-corrected chi connectivity index (χ1v) is 12.5. The molecule has 0 aliphatic carbocycles. The highest BCUT2D eigenvalue weighted by Crippen LogP contribution is 2.29. The summed E-state index contributed by atoms with van der Waals surface area (Å²) in [7, 11) is -4.05. The van der Waals surface area contributed by atoms with Gasteiger partial charge in [-0.25, -0.2) is 8.42 Å². The Hall–Kier alpha value is -3.42. The van der Waals surface area contributed by atoms with Crippen molar-refractivity contribution in [3.8, 4) is 0 Å². The lowest BCUT2D eigenvalue weighted by Gasteiger charge is -2.32. The number of ether oxygens (including phenoxy) is 1. The van der Waals surface area contributed by atoms with Gasteiger partial charge in [0.05, 0.1) is 11.7 Å². The summed E-state index contributed by atoms with van der Waals surface area (Å²) in [4.78, 5) is 36.1. The summed E-state index contributed by atoms with van der Waals surface area (Å²) in [6, 6.07) is 9.51. The molecule has 34 heavy (non-hydrogen) atoms. The van der Waals surface area contributed by atoms with Crippen LogP contribution in [-0.2, 0) is 24.3 Å². The van der Waals surface area contributed by atoms with Crippen LogP contribution < -0.4 is 11.1 Å². The third-order valence-electron chi connectivity index (χ3n) is 5.36. The Morgan fingerprint density at radius 2 is 1.88 bits per heavy atom. The van der Waals surface area contributed by atoms with Crippen LogP contribution >= 0.6 is 11.7 Å². The van der Waals surface area contributed by atoms with Gasteiger partial charge in [0, 0.05) is 17.8 Å². The van der Waals surface area contributed by atoms with E-state index in [-0.39, 0.29) is 28.9 Å². The van der Waals surface area contributed by atoms with E-state index in [4.69, 9.17) is 10.5 Å². The van der Waals surface area contributed by atoms with Crippen molar-refractivity contribution < 1.29 is 27.5 Å². The Morgan fingerprint density at radius 3 is 2.62 bits per heavy atom. The second-order valence-electron chi connectivity index (χ2n) is 7.61. The first kappa shape index (κ1) is 23.7. The molecule has 13 heteroatoms. The first-order chi connectivity index (χ1) is 16.3. The van der Waals surface area contributed by atoms with Gasteiger partial charge in [0.25, 0.3) is 5.91 Å². The molecule has 1 atom stereocenters. The van der Waals surface area contributed by atoms with E-state index in [1.54, 1.807) is 12.1 Å². The van der Waals surface area contributed by atoms with Crippen LogP contribution in [0.15, 0.2) is 47.4 Å². The number of hydrogen-bond donors (Lipinski definition) is 2. The van der Waals surface area contributed by atoms with E-state index in [0.29, 0.717) is 24.0 Å². The van der Waals surface area contributed by atoms with Crippen molar-refractivity contribution in [2.24, 2.45) is 5.73 Å². The van der Waals surface area contributed by atoms with Crippen LogP contribution in [0.5, 0.6) is 0 Å². The van der Waals surface area contributed by atoms with Crippen molar-refractivity contribution >= 4 is 56.3 Å². The zero-order valence-corrected chi connectivity index (χ0v) is 19.5. The predicted molar refractivity (Wildman–Crippen MR) is 123 cm³/mol. The van der Waals surface area contributed by atoms with Gasteiger partial charge in [0.15, 0.2) is 6.61 Å². The highest BCUT2D eigenvalue weighted by molar-refractivity contribution is 7.89. The SMILES string of the molecule is NC(=O)c1ccc(NC(=O)COC(=O)C2CCCCN2S(=O)(=O)c2cccc3nsnc23)cc1. The first-order valence-electron chi connectivity index (χ1n) is 10.4. The average molecular weight is 504 g/mol. The number of benzene rings is 2. The number of nitrogens with two attached hydrogens (primary N) is 1. The molecule has 3 N–H and O–H groups in total. The van der Waals surface area contributed by atoms with Crippen molar-refractivity contribution in [2.45, 2.75) is 30.2 Å². The average Bonchev–Trinajstić information content (AvgIpc) is 3.32. The Bertz CT molecular complexity index is 1340. The maximum absolute atomic E-state index is 13.4. The molecule has 1 aliphatic heterocycles. The fraction of sp³-hybridized carbons (Fsp3) is 0.286. The molecule has 0 radical (unpaired) electrons. The number of rotatable bonds is 7. The summed E-state index contributed by atoms with van der Waals surface area (Å²) < 4.78 is 41.3. The third kappa shape index (κ3) is 4.90. The number of primary amides is 1. The predicted octanol–water partition coefficient (Wildman–Crippen LogP) is 1.52. The molecule has 0 saturated carbocycles. The number of sulfonamides is 1. The number of piperidine rings is 1. The van der Waals surface area contributed by atoms with Crippen LogP contribution in [-0.4, -0.2) is 58.4 Å².